The van der Waals surface area contributed by atoms with Gasteiger partial charge in [0.05, 0.1) is 5.52 Å². The number of aliphatic hydroxyl groups excluding tert-OH is 1. The zero-order chi connectivity index (χ0) is 14.5. The SMILES string of the molecule is C[C-](C)CCO.[CH2-]C(C)(C)c1cc2ccccn2n1.[CH3-].[Y].[Zn+2]. The number of fused-ring (bicyclic) bond motifs is 1. The Bertz CT molecular complexity index is 474. The maximum absolute atomic E-state index is 8.22. The second-order valence-corrected chi connectivity index (χ2v) is 5.66. The smallest absolute Gasteiger partial charge is 0.399 e. The number of hydrogen-bond acceptors (Lipinski definition) is 2. The number of pyridine rings is 1. The summed E-state index contributed by atoms with van der Waals surface area (Å²) in [6.45, 7) is 12.5. The van der Waals surface area contributed by atoms with E-state index in [4.69, 9.17) is 5.11 Å². The summed E-state index contributed by atoms with van der Waals surface area (Å²) in [5.41, 5.74) is 2.03. The van der Waals surface area contributed by atoms with Crippen molar-refractivity contribution >= 4 is 5.52 Å². The number of nitrogens with zero attached hydrogens (tertiary/aromatic N) is 2. The van der Waals surface area contributed by atoms with Crippen LogP contribution in [0.3, 0.4) is 0 Å². The number of rotatable bonds is 3. The summed E-state index contributed by atoms with van der Waals surface area (Å²) in [5.74, 6) is 1.29. The Kier molecular flexibility index (Phi) is 15.8. The van der Waals surface area contributed by atoms with Gasteiger partial charge in [-0.15, -0.1) is 5.41 Å². The van der Waals surface area contributed by atoms with E-state index in [1.807, 2.05) is 42.8 Å². The van der Waals surface area contributed by atoms with Crippen molar-refractivity contribution < 1.29 is 57.3 Å². The normalized spacial score (nSPS) is 9.95. The Morgan fingerprint density at radius 2 is 1.91 bits per heavy atom. The molecular formula is C17H27N2OYZn-. The predicted molar refractivity (Wildman–Crippen MR) is 86.3 cm³/mol. The molecule has 1 N–H and O–H groups in total. The molecule has 0 aromatic carbocycles. The number of aromatic nitrogens is 2. The van der Waals surface area contributed by atoms with E-state index in [1.54, 1.807) is 0 Å². The van der Waals surface area contributed by atoms with Crippen LogP contribution < -0.4 is 0 Å². The van der Waals surface area contributed by atoms with Crippen molar-refractivity contribution in [1.82, 2.24) is 9.61 Å². The molecule has 1 radical (unpaired) electrons. The molecule has 0 unspecified atom stereocenters. The third-order valence-corrected chi connectivity index (χ3v) is 2.68. The quantitative estimate of drug-likeness (QED) is 0.594. The fraction of sp³-hybridized carbons (Fsp3) is 0.412. The van der Waals surface area contributed by atoms with E-state index >= 15 is 0 Å². The Balaban J connectivity index is -0.000000355. The van der Waals surface area contributed by atoms with Crippen molar-refractivity contribution in [2.24, 2.45) is 0 Å². The van der Waals surface area contributed by atoms with Crippen molar-refractivity contribution in [3.8, 4) is 0 Å². The molecule has 2 heterocycles. The molecule has 0 amide bonds. The minimum absolute atomic E-state index is 0. The average molecular weight is 430 g/mol. The van der Waals surface area contributed by atoms with Gasteiger partial charge in [-0.25, -0.2) is 4.52 Å². The van der Waals surface area contributed by atoms with Crippen LogP contribution >= 0.6 is 0 Å². The minimum atomic E-state index is -0.119. The Morgan fingerprint density at radius 1 is 1.32 bits per heavy atom. The largest absolute Gasteiger partial charge is 2.00 e. The molecule has 0 spiro atoms. The van der Waals surface area contributed by atoms with Crippen LogP contribution in [-0.4, -0.2) is 21.3 Å². The van der Waals surface area contributed by atoms with Gasteiger partial charge in [0.1, 0.15) is 0 Å². The predicted octanol–water partition coefficient (Wildman–Crippen LogP) is 3.87. The fourth-order valence-electron chi connectivity index (χ4n) is 1.49. The summed E-state index contributed by atoms with van der Waals surface area (Å²) in [7, 11) is 0. The van der Waals surface area contributed by atoms with E-state index in [0.717, 1.165) is 17.6 Å². The van der Waals surface area contributed by atoms with E-state index in [9.17, 15) is 0 Å². The van der Waals surface area contributed by atoms with Crippen LogP contribution in [0.2, 0.25) is 0 Å². The van der Waals surface area contributed by atoms with Gasteiger partial charge in [0.2, 0.25) is 0 Å². The first kappa shape index (κ1) is 27.2. The third-order valence-electron chi connectivity index (χ3n) is 2.68. The number of aliphatic hydroxyl groups is 1. The van der Waals surface area contributed by atoms with Gasteiger partial charge in [0, 0.05) is 51.2 Å². The van der Waals surface area contributed by atoms with Crippen LogP contribution in [0.25, 0.3) is 5.52 Å². The maximum atomic E-state index is 8.22. The molecule has 0 fully saturated rings. The molecule has 0 atom stereocenters. The number of hydrogen-bond donors (Lipinski definition) is 1. The molecule has 0 saturated heterocycles. The second kappa shape index (κ2) is 12.8. The van der Waals surface area contributed by atoms with Crippen molar-refractivity contribution in [2.75, 3.05) is 6.61 Å². The van der Waals surface area contributed by atoms with Crippen LogP contribution in [0.15, 0.2) is 30.5 Å². The van der Waals surface area contributed by atoms with Gasteiger partial charge in [0.25, 0.3) is 0 Å². The minimum Gasteiger partial charge on any atom is -0.399 e. The third kappa shape index (κ3) is 9.50. The molecule has 3 nitrogen and oxygen atoms in total. The molecule has 0 aliphatic heterocycles. The maximum Gasteiger partial charge on any atom is 2.00 e. The topological polar surface area (TPSA) is 37.5 Å². The summed E-state index contributed by atoms with van der Waals surface area (Å²) in [6.07, 6.45) is 2.80. The molecule has 2 rings (SSSR count). The molecular weight excluding hydrogens is 402 g/mol. The van der Waals surface area contributed by atoms with Crippen molar-refractivity contribution in [1.29, 1.82) is 0 Å². The summed E-state index contributed by atoms with van der Waals surface area (Å²) in [6, 6.07) is 8.10. The van der Waals surface area contributed by atoms with Gasteiger partial charge < -0.3 is 25.4 Å². The van der Waals surface area contributed by atoms with Crippen molar-refractivity contribution in [3.63, 3.8) is 0 Å². The van der Waals surface area contributed by atoms with E-state index < -0.39 is 0 Å². The molecule has 0 aliphatic rings. The van der Waals surface area contributed by atoms with Gasteiger partial charge in [-0.3, -0.25) is 0 Å². The zero-order valence-corrected chi connectivity index (χ0v) is 20.4. The second-order valence-electron chi connectivity index (χ2n) is 5.66. The van der Waals surface area contributed by atoms with E-state index in [0.29, 0.717) is 6.61 Å². The molecule has 0 saturated carbocycles. The van der Waals surface area contributed by atoms with E-state index in [1.165, 1.54) is 5.92 Å². The molecule has 117 valence electrons. The van der Waals surface area contributed by atoms with Crippen LogP contribution in [0, 0.1) is 20.3 Å². The Hall–Kier alpha value is 0.377. The van der Waals surface area contributed by atoms with Crippen molar-refractivity contribution in [2.45, 2.75) is 39.5 Å². The first-order chi connectivity index (χ1) is 8.84. The van der Waals surface area contributed by atoms with Crippen LogP contribution in [0.1, 0.15) is 39.8 Å². The zero-order valence-electron chi connectivity index (χ0n) is 14.6. The molecule has 0 bridgehead atoms. The van der Waals surface area contributed by atoms with Crippen molar-refractivity contribution in [3.05, 3.63) is 56.4 Å². The molecule has 5 heteroatoms. The Morgan fingerprint density at radius 3 is 2.27 bits per heavy atom. The van der Waals surface area contributed by atoms with Gasteiger partial charge in [-0.1, -0.05) is 19.9 Å². The van der Waals surface area contributed by atoms with Crippen LogP contribution in [0.5, 0.6) is 0 Å². The van der Waals surface area contributed by atoms with Gasteiger partial charge in [0.15, 0.2) is 0 Å². The van der Waals surface area contributed by atoms with Gasteiger partial charge in [-0.05, 0) is 18.2 Å². The molecule has 2 aromatic heterocycles. The summed E-state index contributed by atoms with van der Waals surface area (Å²) < 4.78 is 1.88. The first-order valence-corrected chi connectivity index (χ1v) is 6.54. The molecule has 0 aliphatic carbocycles. The fourth-order valence-corrected chi connectivity index (χ4v) is 1.49. The first-order valence-electron chi connectivity index (χ1n) is 6.54. The van der Waals surface area contributed by atoms with Crippen LogP contribution in [0.4, 0.5) is 0 Å². The van der Waals surface area contributed by atoms with Gasteiger partial charge >= 0.3 is 19.5 Å². The summed E-state index contributed by atoms with van der Waals surface area (Å²) in [4.78, 5) is 0. The van der Waals surface area contributed by atoms with Crippen LogP contribution in [-0.2, 0) is 57.6 Å². The van der Waals surface area contributed by atoms with E-state index in [2.05, 4.69) is 31.9 Å². The molecule has 22 heavy (non-hydrogen) atoms. The van der Waals surface area contributed by atoms with Gasteiger partial charge in [-0.2, -0.15) is 25.4 Å². The average Bonchev–Trinajstić information content (AvgIpc) is 2.72. The summed E-state index contributed by atoms with van der Waals surface area (Å²) in [5, 5.41) is 12.7. The Labute approximate surface area is 173 Å². The van der Waals surface area contributed by atoms with E-state index in [-0.39, 0.29) is 65.0 Å². The monoisotopic (exact) mass is 428 g/mol. The standard InChI is InChI=1S/C11H13N2.C5H11O.CH3.Y.Zn/c1-11(2,3)10-8-9-6-4-5-7-13(9)12-10;1-5(2)3-4-6;;;/h4-8H,1H2,2-3H3;6H,3-4H2,1-2H3;1H3;;/q3*-1;;+2. The molecule has 2 aromatic rings. The summed E-state index contributed by atoms with van der Waals surface area (Å²) >= 11 is 0.